The first kappa shape index (κ1) is 12.6. The van der Waals surface area contributed by atoms with E-state index in [1.807, 2.05) is 11.8 Å². The van der Waals surface area contributed by atoms with E-state index in [4.69, 9.17) is 10.5 Å². The fourth-order valence-corrected chi connectivity index (χ4v) is 2.08. The Bertz CT molecular complexity index is 452. The Morgan fingerprint density at radius 1 is 1.67 bits per heavy atom. The van der Waals surface area contributed by atoms with Crippen LogP contribution in [0.3, 0.4) is 0 Å². The van der Waals surface area contributed by atoms with Crippen molar-refractivity contribution in [2.75, 3.05) is 30.4 Å². The Kier molecular flexibility index (Phi) is 3.61. The lowest BCUT2D eigenvalue weighted by Crippen LogP contribution is -2.45. The summed E-state index contributed by atoms with van der Waals surface area (Å²) in [7, 11) is 0. The summed E-state index contributed by atoms with van der Waals surface area (Å²) in [5.74, 6) is 0.632. The van der Waals surface area contributed by atoms with E-state index in [1.165, 1.54) is 12.1 Å². The standard InChI is InChI=1S/C11H16N4O3/c1-2-8-7-18-6-5-14(8)11-9(15(16)17)3-4-10(12)13-11/h3-4,8H,2,5-7H2,1H3,(H2,12,13). The second-order valence-corrected chi connectivity index (χ2v) is 4.17. The highest BCUT2D eigenvalue weighted by Crippen LogP contribution is 2.30. The molecule has 7 heteroatoms. The predicted octanol–water partition coefficient (Wildman–Crippen LogP) is 1.19. The number of hydrogen-bond acceptors (Lipinski definition) is 6. The van der Waals surface area contributed by atoms with Gasteiger partial charge in [-0.05, 0) is 12.5 Å². The molecule has 7 nitrogen and oxygen atoms in total. The van der Waals surface area contributed by atoms with Crippen LogP contribution in [-0.2, 0) is 4.74 Å². The van der Waals surface area contributed by atoms with Gasteiger partial charge in [0.15, 0.2) is 0 Å². The smallest absolute Gasteiger partial charge is 0.311 e. The molecule has 1 fully saturated rings. The number of nitrogens with two attached hydrogens (primary N) is 1. The van der Waals surface area contributed by atoms with E-state index in [0.29, 0.717) is 25.6 Å². The first-order valence-electron chi connectivity index (χ1n) is 5.88. The maximum atomic E-state index is 11.0. The lowest BCUT2D eigenvalue weighted by molar-refractivity contribution is -0.384. The lowest BCUT2D eigenvalue weighted by Gasteiger charge is -2.35. The van der Waals surface area contributed by atoms with Crippen molar-refractivity contribution in [1.82, 2.24) is 4.98 Å². The molecule has 0 aliphatic carbocycles. The number of ether oxygens (including phenoxy) is 1. The molecule has 1 aliphatic heterocycles. The van der Waals surface area contributed by atoms with E-state index in [0.717, 1.165) is 6.42 Å². The normalized spacial score (nSPS) is 19.8. The molecular weight excluding hydrogens is 236 g/mol. The summed E-state index contributed by atoms with van der Waals surface area (Å²) < 4.78 is 5.38. The fraction of sp³-hybridized carbons (Fsp3) is 0.545. The van der Waals surface area contributed by atoms with E-state index in [-0.39, 0.29) is 17.5 Å². The second-order valence-electron chi connectivity index (χ2n) is 4.17. The summed E-state index contributed by atoms with van der Waals surface area (Å²) in [6.45, 7) is 3.72. The quantitative estimate of drug-likeness (QED) is 0.641. The molecule has 1 atom stereocenters. The van der Waals surface area contributed by atoms with E-state index in [9.17, 15) is 10.1 Å². The zero-order chi connectivity index (χ0) is 13.1. The van der Waals surface area contributed by atoms with Gasteiger partial charge in [0.25, 0.3) is 0 Å². The fourth-order valence-electron chi connectivity index (χ4n) is 2.08. The van der Waals surface area contributed by atoms with Crippen molar-refractivity contribution in [2.45, 2.75) is 19.4 Å². The molecule has 1 aliphatic rings. The third-order valence-corrected chi connectivity index (χ3v) is 3.04. The molecule has 1 aromatic rings. The number of nitrogen functional groups attached to an aromatic ring is 1. The molecule has 1 aromatic heterocycles. The van der Waals surface area contributed by atoms with Gasteiger partial charge in [0.2, 0.25) is 5.82 Å². The summed E-state index contributed by atoms with van der Waals surface area (Å²) in [6.07, 6.45) is 0.841. The van der Waals surface area contributed by atoms with Crippen molar-refractivity contribution < 1.29 is 9.66 Å². The Labute approximate surface area is 105 Å². The number of nitrogens with zero attached hydrogens (tertiary/aromatic N) is 3. The largest absolute Gasteiger partial charge is 0.384 e. The molecule has 2 heterocycles. The van der Waals surface area contributed by atoms with Crippen LogP contribution < -0.4 is 10.6 Å². The van der Waals surface area contributed by atoms with Gasteiger partial charge < -0.3 is 15.4 Å². The average molecular weight is 252 g/mol. The maximum Gasteiger partial charge on any atom is 0.311 e. The van der Waals surface area contributed by atoms with Crippen LogP contribution in [0.2, 0.25) is 0 Å². The number of anilines is 2. The van der Waals surface area contributed by atoms with Crippen LogP contribution in [0, 0.1) is 10.1 Å². The minimum atomic E-state index is -0.427. The molecule has 2 N–H and O–H groups in total. The maximum absolute atomic E-state index is 11.0. The summed E-state index contributed by atoms with van der Waals surface area (Å²) in [5, 5.41) is 11.0. The zero-order valence-corrected chi connectivity index (χ0v) is 10.2. The number of nitro groups is 1. The van der Waals surface area contributed by atoms with Crippen LogP contribution in [0.15, 0.2) is 12.1 Å². The van der Waals surface area contributed by atoms with Gasteiger partial charge in [-0.25, -0.2) is 4.98 Å². The molecule has 2 rings (SSSR count). The van der Waals surface area contributed by atoms with Crippen LogP contribution in [0.25, 0.3) is 0 Å². The minimum Gasteiger partial charge on any atom is -0.384 e. The molecular formula is C11H16N4O3. The number of aromatic nitrogens is 1. The molecule has 98 valence electrons. The van der Waals surface area contributed by atoms with Crippen molar-refractivity contribution in [3.05, 3.63) is 22.2 Å². The van der Waals surface area contributed by atoms with Crippen LogP contribution in [-0.4, -0.2) is 35.7 Å². The van der Waals surface area contributed by atoms with Crippen molar-refractivity contribution >= 4 is 17.3 Å². The van der Waals surface area contributed by atoms with Gasteiger partial charge in [-0.3, -0.25) is 10.1 Å². The topological polar surface area (TPSA) is 94.5 Å². The van der Waals surface area contributed by atoms with E-state index in [1.54, 1.807) is 0 Å². The zero-order valence-electron chi connectivity index (χ0n) is 10.2. The van der Waals surface area contributed by atoms with Gasteiger partial charge >= 0.3 is 5.69 Å². The van der Waals surface area contributed by atoms with Gasteiger partial charge in [-0.1, -0.05) is 6.92 Å². The number of hydrogen-bond donors (Lipinski definition) is 1. The van der Waals surface area contributed by atoms with Crippen LogP contribution in [0.4, 0.5) is 17.3 Å². The van der Waals surface area contributed by atoms with Gasteiger partial charge in [0.05, 0.1) is 24.2 Å². The average Bonchev–Trinajstić information content (AvgIpc) is 2.38. The third-order valence-electron chi connectivity index (χ3n) is 3.04. The van der Waals surface area contributed by atoms with Crippen molar-refractivity contribution in [3.8, 4) is 0 Å². The van der Waals surface area contributed by atoms with E-state index in [2.05, 4.69) is 4.98 Å². The molecule has 0 amide bonds. The van der Waals surface area contributed by atoms with Crippen molar-refractivity contribution in [3.63, 3.8) is 0 Å². The minimum absolute atomic E-state index is 0.00968. The number of pyridine rings is 1. The van der Waals surface area contributed by atoms with Crippen molar-refractivity contribution in [1.29, 1.82) is 0 Å². The Morgan fingerprint density at radius 2 is 2.44 bits per heavy atom. The van der Waals surface area contributed by atoms with Gasteiger partial charge in [-0.2, -0.15) is 0 Å². The molecule has 18 heavy (non-hydrogen) atoms. The summed E-state index contributed by atoms with van der Waals surface area (Å²) in [5.41, 5.74) is 5.62. The molecule has 0 aromatic carbocycles. The van der Waals surface area contributed by atoms with Crippen LogP contribution in [0.5, 0.6) is 0 Å². The molecule has 0 bridgehead atoms. The Balaban J connectivity index is 2.41. The van der Waals surface area contributed by atoms with Gasteiger partial charge in [0.1, 0.15) is 5.82 Å². The lowest BCUT2D eigenvalue weighted by atomic mass is 10.1. The molecule has 0 saturated carbocycles. The van der Waals surface area contributed by atoms with Crippen LogP contribution >= 0.6 is 0 Å². The first-order valence-corrected chi connectivity index (χ1v) is 5.88. The second kappa shape index (κ2) is 5.18. The molecule has 1 unspecified atom stereocenters. The SMILES string of the molecule is CCC1COCCN1c1nc(N)ccc1[N+](=O)[O-]. The highest BCUT2D eigenvalue weighted by molar-refractivity contribution is 5.61. The summed E-state index contributed by atoms with van der Waals surface area (Å²) in [6, 6.07) is 2.95. The monoisotopic (exact) mass is 252 g/mol. The third kappa shape index (κ3) is 2.35. The van der Waals surface area contributed by atoms with E-state index >= 15 is 0 Å². The van der Waals surface area contributed by atoms with Gasteiger partial charge in [-0.15, -0.1) is 0 Å². The highest BCUT2D eigenvalue weighted by atomic mass is 16.6. The van der Waals surface area contributed by atoms with Crippen LogP contribution in [0.1, 0.15) is 13.3 Å². The Hall–Kier alpha value is -1.89. The summed E-state index contributed by atoms with van der Waals surface area (Å²) >= 11 is 0. The first-order chi connectivity index (χ1) is 8.63. The molecule has 1 saturated heterocycles. The highest BCUT2D eigenvalue weighted by Gasteiger charge is 2.29. The number of morpholine rings is 1. The van der Waals surface area contributed by atoms with E-state index < -0.39 is 4.92 Å². The number of rotatable bonds is 3. The molecule has 0 spiro atoms. The molecule has 0 radical (unpaired) electrons. The predicted molar refractivity (Wildman–Crippen MR) is 67.5 cm³/mol. The van der Waals surface area contributed by atoms with Crippen molar-refractivity contribution in [2.24, 2.45) is 0 Å². The Morgan fingerprint density at radius 3 is 3.11 bits per heavy atom. The summed E-state index contributed by atoms with van der Waals surface area (Å²) in [4.78, 5) is 16.6. The van der Waals surface area contributed by atoms with Gasteiger partial charge in [0, 0.05) is 12.6 Å².